The number of carbonyl (C=O) groups is 1. The smallest absolute Gasteiger partial charge is 0.276 e. The number of benzene rings is 2. The SMILES string of the molecule is O=C1/C(=C/c2ccc(-c3ccc(F)cc3)cc2)NC(=S)N1C1CCCCC1. The summed E-state index contributed by atoms with van der Waals surface area (Å²) in [6, 6.07) is 14.5. The van der Waals surface area contributed by atoms with Crippen LogP contribution < -0.4 is 5.32 Å². The molecule has 0 unspecified atom stereocenters. The van der Waals surface area contributed by atoms with Crippen molar-refractivity contribution in [3.8, 4) is 11.1 Å². The lowest BCUT2D eigenvalue weighted by molar-refractivity contribution is -0.124. The Hall–Kier alpha value is -2.53. The molecule has 27 heavy (non-hydrogen) atoms. The van der Waals surface area contributed by atoms with E-state index in [1.807, 2.05) is 30.3 Å². The van der Waals surface area contributed by atoms with Gasteiger partial charge in [-0.2, -0.15) is 0 Å². The minimum Gasteiger partial charge on any atom is -0.328 e. The average Bonchev–Trinajstić information content (AvgIpc) is 2.97. The first kappa shape index (κ1) is 17.9. The zero-order chi connectivity index (χ0) is 18.8. The van der Waals surface area contributed by atoms with Gasteiger partial charge in [-0.1, -0.05) is 55.7 Å². The van der Waals surface area contributed by atoms with E-state index in [1.54, 1.807) is 17.0 Å². The second-order valence-electron chi connectivity index (χ2n) is 7.08. The quantitative estimate of drug-likeness (QED) is 0.608. The number of thiocarbonyl (C=S) groups is 1. The van der Waals surface area contributed by atoms with Crippen molar-refractivity contribution in [3.05, 3.63) is 65.6 Å². The summed E-state index contributed by atoms with van der Waals surface area (Å²) >= 11 is 5.41. The van der Waals surface area contributed by atoms with E-state index in [0.717, 1.165) is 42.4 Å². The van der Waals surface area contributed by atoms with Gasteiger partial charge < -0.3 is 5.32 Å². The topological polar surface area (TPSA) is 32.3 Å². The van der Waals surface area contributed by atoms with Crippen LogP contribution in [0.15, 0.2) is 54.2 Å². The summed E-state index contributed by atoms with van der Waals surface area (Å²) in [5.41, 5.74) is 3.41. The van der Waals surface area contributed by atoms with Crippen molar-refractivity contribution >= 4 is 29.3 Å². The number of amides is 1. The minimum absolute atomic E-state index is 0.0329. The van der Waals surface area contributed by atoms with Crippen molar-refractivity contribution in [2.24, 2.45) is 0 Å². The number of nitrogens with one attached hydrogen (secondary N) is 1. The van der Waals surface area contributed by atoms with E-state index < -0.39 is 0 Å². The number of rotatable bonds is 3. The predicted molar refractivity (Wildman–Crippen MR) is 109 cm³/mol. The summed E-state index contributed by atoms with van der Waals surface area (Å²) in [5, 5.41) is 3.59. The van der Waals surface area contributed by atoms with Gasteiger partial charge in [-0.25, -0.2) is 4.39 Å². The molecule has 1 N–H and O–H groups in total. The molecule has 0 atom stereocenters. The van der Waals surface area contributed by atoms with Gasteiger partial charge in [0.1, 0.15) is 11.5 Å². The number of carbonyl (C=O) groups excluding carboxylic acids is 1. The maximum Gasteiger partial charge on any atom is 0.276 e. The molecule has 1 amide bonds. The first-order valence-corrected chi connectivity index (χ1v) is 9.75. The highest BCUT2D eigenvalue weighted by molar-refractivity contribution is 7.80. The lowest BCUT2D eigenvalue weighted by atomic mass is 9.94. The number of halogens is 1. The normalized spacial score (nSPS) is 19.6. The largest absolute Gasteiger partial charge is 0.328 e. The lowest BCUT2D eigenvalue weighted by Crippen LogP contribution is -2.41. The van der Waals surface area contributed by atoms with E-state index in [2.05, 4.69) is 5.32 Å². The Morgan fingerprint density at radius 3 is 2.19 bits per heavy atom. The molecule has 1 aliphatic heterocycles. The first-order valence-electron chi connectivity index (χ1n) is 9.34. The van der Waals surface area contributed by atoms with Crippen LogP contribution in [0.25, 0.3) is 17.2 Å². The molecule has 5 heteroatoms. The molecule has 138 valence electrons. The molecule has 0 aromatic heterocycles. The molecule has 2 aliphatic rings. The molecule has 1 heterocycles. The molecule has 1 saturated heterocycles. The van der Waals surface area contributed by atoms with Gasteiger partial charge in [0.25, 0.3) is 5.91 Å². The summed E-state index contributed by atoms with van der Waals surface area (Å²) in [6.45, 7) is 0. The van der Waals surface area contributed by atoms with Gasteiger partial charge in [0.2, 0.25) is 0 Å². The third kappa shape index (κ3) is 3.78. The highest BCUT2D eigenvalue weighted by atomic mass is 32.1. The molecule has 1 saturated carbocycles. The van der Waals surface area contributed by atoms with Crippen molar-refractivity contribution in [2.45, 2.75) is 38.1 Å². The molecule has 4 rings (SSSR count). The molecule has 1 aliphatic carbocycles. The minimum atomic E-state index is -0.246. The van der Waals surface area contributed by atoms with E-state index in [1.165, 1.54) is 18.6 Å². The van der Waals surface area contributed by atoms with Crippen LogP contribution in [-0.2, 0) is 4.79 Å². The second-order valence-corrected chi connectivity index (χ2v) is 7.47. The fourth-order valence-corrected chi connectivity index (χ4v) is 4.14. The highest BCUT2D eigenvalue weighted by Gasteiger charge is 2.36. The van der Waals surface area contributed by atoms with Crippen LogP contribution in [0.2, 0.25) is 0 Å². The van der Waals surface area contributed by atoms with Crippen LogP contribution >= 0.6 is 12.2 Å². The van der Waals surface area contributed by atoms with Gasteiger partial charge in [-0.15, -0.1) is 0 Å². The standard InChI is InChI=1S/C22H21FN2OS/c23-18-12-10-17(11-13-18)16-8-6-15(7-9-16)14-20-21(26)25(22(27)24-20)19-4-2-1-3-5-19/h6-14,19H,1-5H2,(H,24,27)/b20-14-. The van der Waals surface area contributed by atoms with E-state index in [9.17, 15) is 9.18 Å². The molecule has 3 nitrogen and oxygen atoms in total. The van der Waals surface area contributed by atoms with Gasteiger partial charge in [0, 0.05) is 6.04 Å². The molecular weight excluding hydrogens is 359 g/mol. The number of hydrogen-bond donors (Lipinski definition) is 1. The highest BCUT2D eigenvalue weighted by Crippen LogP contribution is 2.27. The Balaban J connectivity index is 1.52. The van der Waals surface area contributed by atoms with Crippen molar-refractivity contribution in [2.75, 3.05) is 0 Å². The van der Waals surface area contributed by atoms with E-state index in [-0.39, 0.29) is 17.8 Å². The van der Waals surface area contributed by atoms with Gasteiger partial charge in [0.05, 0.1) is 0 Å². The van der Waals surface area contributed by atoms with Crippen LogP contribution in [0.3, 0.4) is 0 Å². The monoisotopic (exact) mass is 380 g/mol. The van der Waals surface area contributed by atoms with Gasteiger partial charge in [-0.3, -0.25) is 9.69 Å². The van der Waals surface area contributed by atoms with Crippen molar-refractivity contribution in [3.63, 3.8) is 0 Å². The van der Waals surface area contributed by atoms with E-state index >= 15 is 0 Å². The van der Waals surface area contributed by atoms with Crippen LogP contribution in [-0.4, -0.2) is 22.0 Å². The number of hydrogen-bond acceptors (Lipinski definition) is 2. The Morgan fingerprint density at radius 2 is 1.56 bits per heavy atom. The summed E-state index contributed by atoms with van der Waals surface area (Å²) < 4.78 is 13.1. The fraction of sp³-hybridized carbons (Fsp3) is 0.273. The first-order chi connectivity index (χ1) is 13.1. The van der Waals surface area contributed by atoms with Crippen LogP contribution in [0.1, 0.15) is 37.7 Å². The fourth-order valence-electron chi connectivity index (χ4n) is 3.80. The molecular formula is C22H21FN2OS. The third-order valence-electron chi connectivity index (χ3n) is 5.25. The van der Waals surface area contributed by atoms with Gasteiger partial charge in [0.15, 0.2) is 5.11 Å². The summed E-state index contributed by atoms with van der Waals surface area (Å²) in [6.07, 6.45) is 7.43. The zero-order valence-corrected chi connectivity index (χ0v) is 15.8. The predicted octanol–water partition coefficient (Wildman–Crippen LogP) is 4.88. The second kappa shape index (κ2) is 7.61. The molecule has 2 aromatic rings. The van der Waals surface area contributed by atoms with Crippen LogP contribution in [0.4, 0.5) is 4.39 Å². The summed E-state index contributed by atoms with van der Waals surface area (Å²) in [5.74, 6) is -0.279. The molecule has 2 aromatic carbocycles. The molecule has 0 spiro atoms. The molecule has 0 radical (unpaired) electrons. The van der Waals surface area contributed by atoms with E-state index in [0.29, 0.717) is 10.8 Å². The maximum absolute atomic E-state index is 13.1. The van der Waals surface area contributed by atoms with Gasteiger partial charge in [-0.05, 0) is 60.0 Å². The van der Waals surface area contributed by atoms with Gasteiger partial charge >= 0.3 is 0 Å². The third-order valence-corrected chi connectivity index (χ3v) is 5.55. The van der Waals surface area contributed by atoms with Crippen LogP contribution in [0.5, 0.6) is 0 Å². The average molecular weight is 380 g/mol. The molecule has 2 fully saturated rings. The summed E-state index contributed by atoms with van der Waals surface area (Å²) in [7, 11) is 0. The van der Waals surface area contributed by atoms with Crippen molar-refractivity contribution in [1.82, 2.24) is 10.2 Å². The van der Waals surface area contributed by atoms with Crippen molar-refractivity contribution in [1.29, 1.82) is 0 Å². The Kier molecular flexibility index (Phi) is 5.03. The number of nitrogens with zero attached hydrogens (tertiary/aromatic N) is 1. The zero-order valence-electron chi connectivity index (χ0n) is 15.0. The summed E-state index contributed by atoms with van der Waals surface area (Å²) in [4.78, 5) is 14.6. The van der Waals surface area contributed by atoms with Crippen LogP contribution in [0, 0.1) is 5.82 Å². The Morgan fingerprint density at radius 1 is 0.963 bits per heavy atom. The Labute approximate surface area is 163 Å². The van der Waals surface area contributed by atoms with Crippen molar-refractivity contribution < 1.29 is 9.18 Å². The maximum atomic E-state index is 13.1. The Bertz CT molecular complexity index is 884. The molecule has 0 bridgehead atoms. The van der Waals surface area contributed by atoms with E-state index in [4.69, 9.17) is 12.2 Å². The lowest BCUT2D eigenvalue weighted by Gasteiger charge is -2.29.